The predicted octanol–water partition coefficient (Wildman–Crippen LogP) is 10.3. The van der Waals surface area contributed by atoms with Crippen LogP contribution in [-0.2, 0) is 6.42 Å². The fourth-order valence-electron chi connectivity index (χ4n) is 5.99. The Morgan fingerprint density at radius 2 is 1.39 bits per heavy atom. The van der Waals surface area contributed by atoms with E-state index in [0.29, 0.717) is 12.4 Å². The van der Waals surface area contributed by atoms with Crippen LogP contribution in [0.15, 0.2) is 114 Å². The molecular weight excluding hydrogens is 677 g/mol. The van der Waals surface area contributed by atoms with Crippen LogP contribution in [-0.4, -0.2) is 41.5 Å². The standard InChI is InChI=1S/C38H36BrCl2N5/c1-45(21-6-7-26-12-16-31(40)17-13-26)22-20-30(27-14-18-32(41)19-15-27)25-46(36-24-29-9-2-4-10-33(29)37(39)44-36)38-34-11-5-3-8-28(34)23-35(42)43-38/h2-5,8-19,23-24,30H,6-7,20-22,25H2,1H3,(H2,42,43). The number of aromatic nitrogens is 2. The monoisotopic (exact) mass is 711 g/mol. The van der Waals surface area contributed by atoms with Crippen molar-refractivity contribution in [3.63, 3.8) is 0 Å². The van der Waals surface area contributed by atoms with Crippen molar-refractivity contribution >= 4 is 78.1 Å². The van der Waals surface area contributed by atoms with Gasteiger partial charge in [-0.2, -0.15) is 0 Å². The van der Waals surface area contributed by atoms with Gasteiger partial charge in [-0.1, -0.05) is 96.0 Å². The topological polar surface area (TPSA) is 58.3 Å². The first-order valence-corrected chi connectivity index (χ1v) is 17.1. The number of hydrogen-bond donors (Lipinski definition) is 1. The molecule has 1 atom stereocenters. The molecule has 46 heavy (non-hydrogen) atoms. The highest BCUT2D eigenvalue weighted by molar-refractivity contribution is 9.10. The highest BCUT2D eigenvalue weighted by atomic mass is 79.9. The van der Waals surface area contributed by atoms with E-state index in [1.54, 1.807) is 0 Å². The van der Waals surface area contributed by atoms with Crippen LogP contribution in [0.5, 0.6) is 0 Å². The van der Waals surface area contributed by atoms with E-state index in [2.05, 4.69) is 93.4 Å². The average molecular weight is 714 g/mol. The molecule has 5 nitrogen and oxygen atoms in total. The van der Waals surface area contributed by atoms with Crippen LogP contribution in [0.1, 0.15) is 29.9 Å². The van der Waals surface area contributed by atoms with Gasteiger partial charge in [-0.3, -0.25) is 0 Å². The van der Waals surface area contributed by atoms with Crippen molar-refractivity contribution in [3.8, 4) is 0 Å². The maximum atomic E-state index is 6.42. The normalized spacial score (nSPS) is 12.2. The van der Waals surface area contributed by atoms with Crippen molar-refractivity contribution in [2.75, 3.05) is 37.3 Å². The summed E-state index contributed by atoms with van der Waals surface area (Å²) in [5, 5.41) is 5.72. The predicted molar refractivity (Wildman–Crippen MR) is 199 cm³/mol. The molecule has 0 saturated heterocycles. The molecule has 0 amide bonds. The van der Waals surface area contributed by atoms with Gasteiger partial charge >= 0.3 is 0 Å². The molecule has 0 spiro atoms. The Kier molecular flexibility index (Phi) is 10.4. The van der Waals surface area contributed by atoms with Crippen LogP contribution >= 0.6 is 39.1 Å². The molecule has 0 aliphatic carbocycles. The van der Waals surface area contributed by atoms with E-state index < -0.39 is 0 Å². The molecular formula is C38H36BrCl2N5. The van der Waals surface area contributed by atoms with Gasteiger partial charge in [0.2, 0.25) is 0 Å². The molecule has 1 unspecified atom stereocenters. The van der Waals surface area contributed by atoms with Gasteiger partial charge in [0.25, 0.3) is 0 Å². The van der Waals surface area contributed by atoms with Crippen LogP contribution in [0.25, 0.3) is 21.5 Å². The highest BCUT2D eigenvalue weighted by Crippen LogP contribution is 2.37. The minimum atomic E-state index is 0.157. The molecule has 6 aromatic rings. The number of rotatable bonds is 12. The zero-order valence-electron chi connectivity index (χ0n) is 25.7. The second kappa shape index (κ2) is 14.8. The van der Waals surface area contributed by atoms with E-state index in [4.69, 9.17) is 38.9 Å². The Morgan fingerprint density at radius 3 is 2.11 bits per heavy atom. The van der Waals surface area contributed by atoms with Gasteiger partial charge in [-0.05, 0) is 114 Å². The first-order valence-electron chi connectivity index (χ1n) is 15.5. The zero-order valence-corrected chi connectivity index (χ0v) is 28.8. The molecule has 0 bridgehead atoms. The van der Waals surface area contributed by atoms with Gasteiger partial charge in [-0.15, -0.1) is 0 Å². The summed E-state index contributed by atoms with van der Waals surface area (Å²) in [5.41, 5.74) is 8.95. The van der Waals surface area contributed by atoms with Crippen molar-refractivity contribution in [2.45, 2.75) is 25.2 Å². The SMILES string of the molecule is CN(CCCc1ccc(Cl)cc1)CCC(CN(c1cc2ccccc2c(Br)n1)c1nc(N)cc2ccccc12)c1ccc(Cl)cc1. The molecule has 2 heterocycles. The maximum Gasteiger partial charge on any atom is 0.144 e. The van der Waals surface area contributed by atoms with Gasteiger partial charge < -0.3 is 15.5 Å². The van der Waals surface area contributed by atoms with Crippen molar-refractivity contribution < 1.29 is 0 Å². The van der Waals surface area contributed by atoms with Gasteiger partial charge in [0.15, 0.2) is 0 Å². The number of nitrogens with two attached hydrogens (primary N) is 1. The van der Waals surface area contributed by atoms with Gasteiger partial charge in [0.1, 0.15) is 22.1 Å². The zero-order chi connectivity index (χ0) is 32.0. The lowest BCUT2D eigenvalue weighted by molar-refractivity contribution is 0.314. The maximum absolute atomic E-state index is 6.42. The van der Waals surface area contributed by atoms with Crippen LogP contribution in [0, 0.1) is 0 Å². The summed E-state index contributed by atoms with van der Waals surface area (Å²) in [6.45, 7) is 2.58. The lowest BCUT2D eigenvalue weighted by Crippen LogP contribution is -2.29. The van der Waals surface area contributed by atoms with E-state index in [1.807, 2.05) is 48.5 Å². The van der Waals surface area contributed by atoms with Crippen LogP contribution < -0.4 is 10.6 Å². The fourth-order valence-corrected chi connectivity index (χ4v) is 6.78. The number of anilines is 3. The Balaban J connectivity index is 1.32. The average Bonchev–Trinajstić information content (AvgIpc) is 3.06. The number of fused-ring (bicyclic) bond motifs is 2. The number of aryl methyl sites for hydroxylation is 1. The minimum absolute atomic E-state index is 0.157. The summed E-state index contributed by atoms with van der Waals surface area (Å²) >= 11 is 16.2. The summed E-state index contributed by atoms with van der Waals surface area (Å²) in [6, 6.07) is 37.0. The summed E-state index contributed by atoms with van der Waals surface area (Å²) in [6.07, 6.45) is 3.03. The smallest absolute Gasteiger partial charge is 0.144 e. The Labute approximate surface area is 289 Å². The van der Waals surface area contributed by atoms with E-state index >= 15 is 0 Å². The van der Waals surface area contributed by atoms with Gasteiger partial charge in [0.05, 0.1) is 0 Å². The summed E-state index contributed by atoms with van der Waals surface area (Å²) < 4.78 is 0.794. The first-order chi connectivity index (χ1) is 22.3. The summed E-state index contributed by atoms with van der Waals surface area (Å²) in [4.78, 5) is 14.6. The number of benzene rings is 4. The number of pyridine rings is 2. The third-order valence-electron chi connectivity index (χ3n) is 8.47. The van der Waals surface area contributed by atoms with E-state index in [9.17, 15) is 0 Å². The van der Waals surface area contributed by atoms with E-state index in [-0.39, 0.29) is 5.92 Å². The van der Waals surface area contributed by atoms with Crippen LogP contribution in [0.2, 0.25) is 10.0 Å². The van der Waals surface area contributed by atoms with Crippen molar-refractivity contribution in [2.24, 2.45) is 0 Å². The third kappa shape index (κ3) is 7.81. The second-order valence-corrected chi connectivity index (χ2v) is 13.4. The number of hydrogen-bond acceptors (Lipinski definition) is 5. The summed E-state index contributed by atoms with van der Waals surface area (Å²) in [7, 11) is 2.20. The van der Waals surface area contributed by atoms with Crippen LogP contribution in [0.4, 0.5) is 17.5 Å². The molecule has 0 saturated carbocycles. The fraction of sp³-hybridized carbons (Fsp3) is 0.211. The second-order valence-electron chi connectivity index (χ2n) is 11.8. The first kappa shape index (κ1) is 32.3. The van der Waals surface area contributed by atoms with Gasteiger partial charge in [-0.25, -0.2) is 9.97 Å². The van der Waals surface area contributed by atoms with Crippen molar-refractivity contribution in [1.82, 2.24) is 14.9 Å². The molecule has 0 aliphatic heterocycles. The molecule has 2 N–H and O–H groups in total. The number of halogens is 3. The molecule has 6 rings (SSSR count). The number of nitrogens with zero attached hydrogens (tertiary/aromatic N) is 4. The van der Waals surface area contributed by atoms with Gasteiger partial charge in [0, 0.05) is 33.3 Å². The molecule has 8 heteroatoms. The third-order valence-corrected chi connectivity index (χ3v) is 9.58. The molecule has 2 aromatic heterocycles. The van der Waals surface area contributed by atoms with Crippen molar-refractivity contribution in [1.29, 1.82) is 0 Å². The molecule has 0 aliphatic rings. The van der Waals surface area contributed by atoms with E-state index in [1.165, 1.54) is 11.1 Å². The quantitative estimate of drug-likeness (QED) is 0.128. The Bertz CT molecular complexity index is 1930. The lowest BCUT2D eigenvalue weighted by Gasteiger charge is -2.31. The summed E-state index contributed by atoms with van der Waals surface area (Å²) in [5.74, 6) is 2.23. The Hall–Kier alpha value is -3.68. The molecule has 4 aromatic carbocycles. The van der Waals surface area contributed by atoms with Crippen molar-refractivity contribution in [3.05, 3.63) is 135 Å². The van der Waals surface area contributed by atoms with E-state index in [0.717, 1.165) is 80.2 Å². The Morgan fingerprint density at radius 1 is 0.761 bits per heavy atom. The van der Waals surface area contributed by atoms with Crippen LogP contribution in [0.3, 0.4) is 0 Å². The molecule has 0 radical (unpaired) electrons. The largest absolute Gasteiger partial charge is 0.384 e. The minimum Gasteiger partial charge on any atom is -0.384 e. The number of nitrogen functional groups attached to an aromatic ring is 1. The molecule has 0 fully saturated rings. The lowest BCUT2D eigenvalue weighted by atomic mass is 9.94. The highest BCUT2D eigenvalue weighted by Gasteiger charge is 2.24. The molecule has 234 valence electrons.